The molecule has 0 bridgehead atoms. The molecule has 2 aromatic heterocycles. The molecule has 3 rings (SSSR count). The number of aliphatic hydroxyl groups excluding tert-OH is 2. The van der Waals surface area contributed by atoms with Gasteiger partial charge in [-0.25, -0.2) is 0 Å². The molecule has 1 aliphatic heterocycles. The zero-order valence-electron chi connectivity index (χ0n) is 11.2. The van der Waals surface area contributed by atoms with Gasteiger partial charge >= 0.3 is 0 Å². The van der Waals surface area contributed by atoms with Crippen LogP contribution < -0.4 is 0 Å². The minimum absolute atomic E-state index is 0.00315. The first-order chi connectivity index (χ1) is 9.76. The average Bonchev–Trinajstić information content (AvgIpc) is 3.09. The van der Waals surface area contributed by atoms with Gasteiger partial charge in [-0.3, -0.25) is 10.00 Å². The summed E-state index contributed by atoms with van der Waals surface area (Å²) in [5.41, 5.74) is 0.857. The molecule has 1 aliphatic rings. The summed E-state index contributed by atoms with van der Waals surface area (Å²) in [4.78, 5) is 2.15. The van der Waals surface area contributed by atoms with Crippen LogP contribution >= 0.6 is 0 Å². The third-order valence-electron chi connectivity index (χ3n) is 3.85. The summed E-state index contributed by atoms with van der Waals surface area (Å²) in [6.07, 6.45) is 2.04. The van der Waals surface area contributed by atoms with Gasteiger partial charge in [-0.2, -0.15) is 5.10 Å². The zero-order valence-corrected chi connectivity index (χ0v) is 11.2. The fourth-order valence-corrected chi connectivity index (χ4v) is 2.62. The Labute approximate surface area is 117 Å². The standard InChI is InChI=1S/C14H19N3O3/c18-9-10-4-6-17(8-13(10)19)7-11-1-2-14(20-11)12-3-5-15-16-12/h1-3,5,10,13,18-19H,4,6-9H2,(H,15,16)/t10-,13-/m1/s1. The van der Waals surface area contributed by atoms with Crippen LogP contribution in [0.2, 0.25) is 0 Å². The van der Waals surface area contributed by atoms with Crippen molar-refractivity contribution in [3.63, 3.8) is 0 Å². The molecule has 0 aliphatic carbocycles. The molecule has 6 nitrogen and oxygen atoms in total. The molecule has 2 atom stereocenters. The van der Waals surface area contributed by atoms with Crippen molar-refractivity contribution in [2.24, 2.45) is 5.92 Å². The van der Waals surface area contributed by atoms with Crippen LogP contribution in [-0.4, -0.2) is 51.1 Å². The molecular weight excluding hydrogens is 258 g/mol. The van der Waals surface area contributed by atoms with Gasteiger partial charge in [0.25, 0.3) is 0 Å². The monoisotopic (exact) mass is 277 g/mol. The van der Waals surface area contributed by atoms with Crippen molar-refractivity contribution in [3.8, 4) is 11.5 Å². The van der Waals surface area contributed by atoms with Gasteiger partial charge in [0.1, 0.15) is 11.5 Å². The zero-order chi connectivity index (χ0) is 13.9. The molecular formula is C14H19N3O3. The number of rotatable bonds is 4. The van der Waals surface area contributed by atoms with Crippen LogP contribution in [-0.2, 0) is 6.54 Å². The van der Waals surface area contributed by atoms with Crippen LogP contribution in [0.4, 0.5) is 0 Å². The Morgan fingerprint density at radius 3 is 3.00 bits per heavy atom. The van der Waals surface area contributed by atoms with E-state index in [1.807, 2.05) is 18.2 Å². The normalized spacial score (nSPS) is 24.1. The summed E-state index contributed by atoms with van der Waals surface area (Å²) in [5.74, 6) is 1.64. The lowest BCUT2D eigenvalue weighted by atomic mass is 9.95. The van der Waals surface area contributed by atoms with Crippen molar-refractivity contribution >= 4 is 0 Å². The highest BCUT2D eigenvalue weighted by molar-refractivity contribution is 5.51. The van der Waals surface area contributed by atoms with Gasteiger partial charge < -0.3 is 14.6 Å². The lowest BCUT2D eigenvalue weighted by molar-refractivity contribution is -0.00616. The highest BCUT2D eigenvalue weighted by atomic mass is 16.3. The Morgan fingerprint density at radius 1 is 1.40 bits per heavy atom. The molecule has 108 valence electrons. The predicted octanol–water partition coefficient (Wildman–Crippen LogP) is 0.845. The quantitative estimate of drug-likeness (QED) is 0.771. The van der Waals surface area contributed by atoms with E-state index in [1.165, 1.54) is 0 Å². The molecule has 0 amide bonds. The summed E-state index contributed by atoms with van der Waals surface area (Å²) in [6.45, 7) is 2.16. The van der Waals surface area contributed by atoms with Crippen LogP contribution in [0.3, 0.4) is 0 Å². The molecule has 0 aromatic carbocycles. The van der Waals surface area contributed by atoms with Gasteiger partial charge in [0.15, 0.2) is 5.76 Å². The summed E-state index contributed by atoms with van der Waals surface area (Å²) >= 11 is 0. The number of piperidine rings is 1. The number of aromatic amines is 1. The van der Waals surface area contributed by atoms with Gasteiger partial charge in [-0.05, 0) is 31.2 Å². The van der Waals surface area contributed by atoms with Crippen molar-refractivity contribution in [1.82, 2.24) is 15.1 Å². The summed E-state index contributed by atoms with van der Waals surface area (Å²) in [7, 11) is 0. The van der Waals surface area contributed by atoms with E-state index in [1.54, 1.807) is 6.20 Å². The van der Waals surface area contributed by atoms with Crippen molar-refractivity contribution in [3.05, 3.63) is 30.2 Å². The first-order valence-electron chi connectivity index (χ1n) is 6.86. The Balaban J connectivity index is 1.61. The highest BCUT2D eigenvalue weighted by Gasteiger charge is 2.27. The second-order valence-electron chi connectivity index (χ2n) is 5.27. The van der Waals surface area contributed by atoms with E-state index >= 15 is 0 Å². The van der Waals surface area contributed by atoms with Crippen LogP contribution in [0, 0.1) is 5.92 Å². The number of hydrogen-bond acceptors (Lipinski definition) is 5. The topological polar surface area (TPSA) is 85.5 Å². The fraction of sp³-hybridized carbons (Fsp3) is 0.500. The Bertz CT molecular complexity index is 538. The Hall–Kier alpha value is -1.63. The van der Waals surface area contributed by atoms with Crippen LogP contribution in [0.1, 0.15) is 12.2 Å². The smallest absolute Gasteiger partial charge is 0.152 e. The number of H-pyrrole nitrogens is 1. The SMILES string of the molecule is OC[C@H]1CCN(Cc2ccc(-c3ccn[nH]3)o2)C[C@H]1O. The molecule has 3 N–H and O–H groups in total. The summed E-state index contributed by atoms with van der Waals surface area (Å²) in [5, 5.41) is 25.8. The molecule has 1 saturated heterocycles. The molecule has 0 saturated carbocycles. The molecule has 0 spiro atoms. The first-order valence-corrected chi connectivity index (χ1v) is 6.86. The molecule has 2 aromatic rings. The lowest BCUT2D eigenvalue weighted by Crippen LogP contribution is -2.44. The van der Waals surface area contributed by atoms with Gasteiger partial charge in [-0.15, -0.1) is 0 Å². The Kier molecular flexibility index (Phi) is 3.86. The summed E-state index contributed by atoms with van der Waals surface area (Å²) in [6, 6.07) is 5.72. The van der Waals surface area contributed by atoms with Crippen molar-refractivity contribution < 1.29 is 14.6 Å². The molecule has 20 heavy (non-hydrogen) atoms. The van der Waals surface area contributed by atoms with Crippen molar-refractivity contribution in [2.75, 3.05) is 19.7 Å². The van der Waals surface area contributed by atoms with Gasteiger partial charge in [0.2, 0.25) is 0 Å². The first kappa shape index (κ1) is 13.4. The third kappa shape index (κ3) is 2.77. The van der Waals surface area contributed by atoms with E-state index in [-0.39, 0.29) is 12.5 Å². The fourth-order valence-electron chi connectivity index (χ4n) is 2.62. The predicted molar refractivity (Wildman–Crippen MR) is 72.8 cm³/mol. The van der Waals surface area contributed by atoms with Crippen LogP contribution in [0.15, 0.2) is 28.8 Å². The minimum Gasteiger partial charge on any atom is -0.458 e. The molecule has 0 radical (unpaired) electrons. The van der Waals surface area contributed by atoms with Gasteiger partial charge in [0.05, 0.1) is 12.6 Å². The van der Waals surface area contributed by atoms with Gasteiger partial charge in [0, 0.05) is 25.3 Å². The second kappa shape index (κ2) is 5.78. The average molecular weight is 277 g/mol. The highest BCUT2D eigenvalue weighted by Crippen LogP contribution is 2.23. The van der Waals surface area contributed by atoms with E-state index in [2.05, 4.69) is 15.1 Å². The number of aromatic nitrogens is 2. The maximum Gasteiger partial charge on any atom is 0.152 e. The van der Waals surface area contributed by atoms with Crippen LogP contribution in [0.25, 0.3) is 11.5 Å². The maximum absolute atomic E-state index is 9.93. The summed E-state index contributed by atoms with van der Waals surface area (Å²) < 4.78 is 5.78. The van der Waals surface area contributed by atoms with E-state index in [4.69, 9.17) is 9.52 Å². The number of nitrogens with one attached hydrogen (secondary N) is 1. The van der Waals surface area contributed by atoms with Crippen molar-refractivity contribution in [1.29, 1.82) is 0 Å². The number of nitrogens with zero attached hydrogens (tertiary/aromatic N) is 2. The number of β-amino-alcohol motifs (C(OH)–C–C–N with tert-alkyl or cyclic N) is 1. The van der Waals surface area contributed by atoms with E-state index < -0.39 is 6.10 Å². The second-order valence-corrected chi connectivity index (χ2v) is 5.27. The van der Waals surface area contributed by atoms with E-state index in [0.717, 1.165) is 30.2 Å². The lowest BCUT2D eigenvalue weighted by Gasteiger charge is -2.34. The van der Waals surface area contributed by atoms with E-state index in [0.29, 0.717) is 13.1 Å². The van der Waals surface area contributed by atoms with Crippen molar-refractivity contribution in [2.45, 2.75) is 19.1 Å². The largest absolute Gasteiger partial charge is 0.458 e. The number of aliphatic hydroxyl groups is 2. The number of likely N-dealkylation sites (tertiary alicyclic amines) is 1. The van der Waals surface area contributed by atoms with Crippen LogP contribution in [0.5, 0.6) is 0 Å². The third-order valence-corrected chi connectivity index (χ3v) is 3.85. The number of hydrogen-bond donors (Lipinski definition) is 3. The molecule has 3 heterocycles. The number of furan rings is 1. The van der Waals surface area contributed by atoms with E-state index in [9.17, 15) is 5.11 Å². The molecule has 6 heteroatoms. The molecule has 0 unspecified atom stereocenters. The van der Waals surface area contributed by atoms with Gasteiger partial charge in [-0.1, -0.05) is 0 Å². The maximum atomic E-state index is 9.93. The minimum atomic E-state index is -0.462. The Morgan fingerprint density at radius 2 is 2.30 bits per heavy atom. The molecule has 1 fully saturated rings.